The fourth-order valence-electron chi connectivity index (χ4n) is 3.10. The number of imidazole rings is 1. The van der Waals surface area contributed by atoms with Gasteiger partial charge in [0.1, 0.15) is 11.4 Å². The second-order valence-electron chi connectivity index (χ2n) is 6.72. The first-order valence-electron chi connectivity index (χ1n) is 9.05. The monoisotopic (exact) mass is 447 g/mol. The number of sulfonamides is 1. The molecule has 6 nitrogen and oxygen atoms in total. The van der Waals surface area contributed by atoms with Crippen molar-refractivity contribution in [3.8, 4) is 17.0 Å². The van der Waals surface area contributed by atoms with E-state index < -0.39 is 22.1 Å². The van der Waals surface area contributed by atoms with E-state index in [1.807, 2.05) is 29.7 Å². The Morgan fingerprint density at radius 2 is 1.71 bits per heavy atom. The molecule has 0 atom stereocenters. The number of anilines is 1. The molecule has 0 saturated heterocycles. The maximum absolute atomic E-state index is 12.8. The van der Waals surface area contributed by atoms with E-state index in [9.17, 15) is 21.6 Å². The fraction of sp³-hybridized carbons (Fsp3) is 0.0952. The maximum Gasteiger partial charge on any atom is 0.573 e. The molecular weight excluding hydrogens is 431 g/mol. The van der Waals surface area contributed by atoms with Crippen LogP contribution in [0.1, 0.15) is 5.56 Å². The third kappa shape index (κ3) is 4.48. The first-order chi connectivity index (χ1) is 14.6. The van der Waals surface area contributed by atoms with Crippen molar-refractivity contribution in [2.75, 3.05) is 4.72 Å². The molecule has 4 rings (SSSR count). The number of benzene rings is 2. The van der Waals surface area contributed by atoms with E-state index >= 15 is 0 Å². The van der Waals surface area contributed by atoms with Gasteiger partial charge in [0.25, 0.3) is 10.0 Å². The van der Waals surface area contributed by atoms with Gasteiger partial charge in [-0.2, -0.15) is 0 Å². The van der Waals surface area contributed by atoms with E-state index in [4.69, 9.17) is 0 Å². The van der Waals surface area contributed by atoms with Crippen molar-refractivity contribution in [1.82, 2.24) is 9.38 Å². The van der Waals surface area contributed by atoms with E-state index in [0.717, 1.165) is 35.5 Å². The predicted molar refractivity (Wildman–Crippen MR) is 109 cm³/mol. The number of fused-ring (bicyclic) bond motifs is 1. The van der Waals surface area contributed by atoms with E-state index in [1.54, 1.807) is 30.5 Å². The van der Waals surface area contributed by atoms with Gasteiger partial charge < -0.3 is 9.14 Å². The summed E-state index contributed by atoms with van der Waals surface area (Å²) < 4.78 is 70.7. The van der Waals surface area contributed by atoms with Crippen LogP contribution >= 0.6 is 0 Å². The number of ether oxygens (including phenoxy) is 1. The van der Waals surface area contributed by atoms with Crippen LogP contribution in [0.15, 0.2) is 78.0 Å². The van der Waals surface area contributed by atoms with E-state index in [0.29, 0.717) is 16.9 Å². The highest BCUT2D eigenvalue weighted by atomic mass is 32.2. The smallest absolute Gasteiger partial charge is 0.406 e. The van der Waals surface area contributed by atoms with Crippen molar-refractivity contribution in [1.29, 1.82) is 0 Å². The molecule has 0 unspecified atom stereocenters. The lowest BCUT2D eigenvalue weighted by atomic mass is 10.1. The molecule has 2 heterocycles. The Kier molecular flexibility index (Phi) is 5.10. The lowest BCUT2D eigenvalue weighted by molar-refractivity contribution is -0.274. The molecule has 31 heavy (non-hydrogen) atoms. The van der Waals surface area contributed by atoms with Crippen LogP contribution in [0, 0.1) is 6.92 Å². The lowest BCUT2D eigenvalue weighted by Crippen LogP contribution is -2.17. The van der Waals surface area contributed by atoms with Crippen LogP contribution in [0.3, 0.4) is 0 Å². The van der Waals surface area contributed by atoms with Crippen molar-refractivity contribution in [2.24, 2.45) is 0 Å². The summed E-state index contributed by atoms with van der Waals surface area (Å²) >= 11 is 0. The third-order valence-corrected chi connectivity index (χ3v) is 5.87. The number of aryl methyl sites for hydroxylation is 1. The van der Waals surface area contributed by atoms with Crippen LogP contribution in [0.2, 0.25) is 0 Å². The van der Waals surface area contributed by atoms with E-state index in [2.05, 4.69) is 14.4 Å². The number of nitrogens with one attached hydrogen (secondary N) is 1. The third-order valence-electron chi connectivity index (χ3n) is 4.49. The number of pyridine rings is 1. The van der Waals surface area contributed by atoms with Gasteiger partial charge in [0.2, 0.25) is 0 Å². The largest absolute Gasteiger partial charge is 0.573 e. The van der Waals surface area contributed by atoms with Crippen molar-refractivity contribution in [3.63, 3.8) is 0 Å². The molecule has 2 aromatic heterocycles. The summed E-state index contributed by atoms with van der Waals surface area (Å²) in [6.07, 6.45) is -1.22. The number of halogens is 3. The van der Waals surface area contributed by atoms with Gasteiger partial charge in [-0.25, -0.2) is 13.4 Å². The summed E-state index contributed by atoms with van der Waals surface area (Å²) in [6.45, 7) is 1.92. The minimum Gasteiger partial charge on any atom is -0.406 e. The number of hydrogen-bond donors (Lipinski definition) is 1. The molecule has 0 aliphatic heterocycles. The van der Waals surface area contributed by atoms with Crippen molar-refractivity contribution in [2.45, 2.75) is 18.2 Å². The van der Waals surface area contributed by atoms with Crippen molar-refractivity contribution < 1.29 is 26.3 Å². The summed E-state index contributed by atoms with van der Waals surface area (Å²) in [4.78, 5) is 4.39. The average molecular weight is 447 g/mol. The Labute approximate surface area is 176 Å². The van der Waals surface area contributed by atoms with Gasteiger partial charge in [0, 0.05) is 18.0 Å². The molecule has 0 aliphatic carbocycles. The highest BCUT2D eigenvalue weighted by Crippen LogP contribution is 2.30. The summed E-state index contributed by atoms with van der Waals surface area (Å²) in [5.41, 5.74) is 3.13. The number of hydrogen-bond acceptors (Lipinski definition) is 4. The summed E-state index contributed by atoms with van der Waals surface area (Å²) in [5, 5.41) is 0. The first kappa shape index (κ1) is 20.7. The zero-order valence-electron chi connectivity index (χ0n) is 16.1. The van der Waals surface area contributed by atoms with Crippen LogP contribution in [0.5, 0.6) is 5.75 Å². The molecule has 2 aromatic carbocycles. The number of aromatic nitrogens is 2. The Balaban J connectivity index is 1.66. The number of para-hydroxylation sites is 1. The number of rotatable bonds is 5. The summed E-state index contributed by atoms with van der Waals surface area (Å²) in [7, 11) is -4.06. The maximum atomic E-state index is 12.8. The molecule has 10 heteroatoms. The van der Waals surface area contributed by atoms with E-state index in [1.165, 1.54) is 0 Å². The van der Waals surface area contributed by atoms with Crippen molar-refractivity contribution in [3.05, 3.63) is 78.6 Å². The molecule has 0 fully saturated rings. The zero-order valence-corrected chi connectivity index (χ0v) is 16.9. The quantitative estimate of drug-likeness (QED) is 0.467. The molecule has 0 saturated carbocycles. The van der Waals surface area contributed by atoms with Gasteiger partial charge in [-0.15, -0.1) is 13.2 Å². The van der Waals surface area contributed by atoms with Crippen LogP contribution in [-0.4, -0.2) is 24.2 Å². The molecule has 4 aromatic rings. The molecule has 0 aliphatic rings. The van der Waals surface area contributed by atoms with Crippen LogP contribution in [-0.2, 0) is 10.0 Å². The fourth-order valence-corrected chi connectivity index (χ4v) is 4.18. The molecule has 160 valence electrons. The van der Waals surface area contributed by atoms with Gasteiger partial charge in [-0.3, -0.25) is 4.72 Å². The molecule has 1 N–H and O–H groups in total. The van der Waals surface area contributed by atoms with Crippen LogP contribution < -0.4 is 9.46 Å². The summed E-state index contributed by atoms with van der Waals surface area (Å²) in [6, 6.07) is 14.5. The topological polar surface area (TPSA) is 72.7 Å². The Hall–Kier alpha value is -3.53. The Morgan fingerprint density at radius 3 is 2.39 bits per heavy atom. The number of alkyl halides is 3. The van der Waals surface area contributed by atoms with Gasteiger partial charge in [0.15, 0.2) is 0 Å². The Morgan fingerprint density at radius 1 is 1.00 bits per heavy atom. The predicted octanol–water partition coefficient (Wildman–Crippen LogP) is 5.01. The molecular formula is C21H16F3N3O3S. The zero-order chi connectivity index (χ0) is 22.2. The first-order valence-corrected chi connectivity index (χ1v) is 10.5. The average Bonchev–Trinajstić information content (AvgIpc) is 3.13. The number of nitrogens with zero attached hydrogens (tertiary/aromatic N) is 2. The van der Waals surface area contributed by atoms with Crippen LogP contribution in [0.4, 0.5) is 18.9 Å². The molecule has 0 amide bonds. The second-order valence-corrected chi connectivity index (χ2v) is 8.40. The van der Waals surface area contributed by atoms with Gasteiger partial charge >= 0.3 is 6.36 Å². The molecule has 0 bridgehead atoms. The van der Waals surface area contributed by atoms with Crippen molar-refractivity contribution >= 4 is 21.4 Å². The summed E-state index contributed by atoms with van der Waals surface area (Å²) in [5.74, 6) is -0.507. The van der Waals surface area contributed by atoms with Crippen LogP contribution in [0.25, 0.3) is 16.9 Å². The highest BCUT2D eigenvalue weighted by Gasteiger charge is 2.31. The normalized spacial score (nSPS) is 12.1. The van der Waals surface area contributed by atoms with Gasteiger partial charge in [-0.1, -0.05) is 24.3 Å². The van der Waals surface area contributed by atoms with Gasteiger partial charge in [-0.05, 0) is 48.9 Å². The minimum absolute atomic E-state index is 0.206. The second kappa shape index (κ2) is 7.62. The highest BCUT2D eigenvalue weighted by molar-refractivity contribution is 7.92. The lowest BCUT2D eigenvalue weighted by Gasteiger charge is -2.12. The molecule has 0 spiro atoms. The standard InChI is InChI=1S/C21H16F3N3O3S/c1-14-5-4-12-27-13-19(25-20(14)27)17-6-2-3-7-18(17)26-31(28,29)16-10-8-15(9-11-16)30-21(22,23)24/h2-13,26H,1H3. The SMILES string of the molecule is Cc1cccn2cc(-c3ccccc3NS(=O)(=O)c3ccc(OC(F)(F)F)cc3)nc12. The molecule has 0 radical (unpaired) electrons. The van der Waals surface area contributed by atoms with E-state index in [-0.39, 0.29) is 4.90 Å². The minimum atomic E-state index is -4.86. The van der Waals surface area contributed by atoms with Gasteiger partial charge in [0.05, 0.1) is 16.3 Å². The Bertz CT molecular complexity index is 1350.